The van der Waals surface area contributed by atoms with E-state index in [0.717, 1.165) is 28.2 Å². The van der Waals surface area contributed by atoms with Crippen molar-refractivity contribution in [1.82, 2.24) is 14.9 Å². The van der Waals surface area contributed by atoms with E-state index in [2.05, 4.69) is 10.3 Å². The van der Waals surface area contributed by atoms with E-state index in [1.807, 2.05) is 80.8 Å². The third kappa shape index (κ3) is 4.42. The summed E-state index contributed by atoms with van der Waals surface area (Å²) in [6.45, 7) is 8.46. The number of amides is 1. The molecule has 26 heavy (non-hydrogen) atoms. The van der Waals surface area contributed by atoms with Crippen LogP contribution < -0.4 is 10.1 Å². The van der Waals surface area contributed by atoms with Crippen molar-refractivity contribution in [3.8, 4) is 5.75 Å². The molecule has 136 valence electrons. The topological polar surface area (TPSA) is 56.2 Å². The van der Waals surface area contributed by atoms with Gasteiger partial charge in [-0.25, -0.2) is 4.98 Å². The van der Waals surface area contributed by atoms with Crippen molar-refractivity contribution in [2.45, 2.75) is 46.4 Å². The molecule has 0 aliphatic rings. The van der Waals surface area contributed by atoms with E-state index in [0.29, 0.717) is 6.61 Å². The first-order valence-electron chi connectivity index (χ1n) is 8.76. The maximum Gasteiger partial charge on any atom is 0.240 e. The molecule has 3 rings (SSSR count). The highest BCUT2D eigenvalue weighted by Gasteiger charge is 2.18. The maximum absolute atomic E-state index is 12.4. The van der Waals surface area contributed by atoms with Crippen molar-refractivity contribution in [3.63, 3.8) is 0 Å². The minimum atomic E-state index is -0.272. The molecule has 0 aliphatic heterocycles. The number of aryl methyl sites for hydroxylation is 1. The van der Waals surface area contributed by atoms with Crippen LogP contribution in [0.5, 0.6) is 5.75 Å². The summed E-state index contributed by atoms with van der Waals surface area (Å²) in [7, 11) is 0. The second-order valence-electron chi connectivity index (χ2n) is 7.51. The lowest BCUT2D eigenvalue weighted by Gasteiger charge is -2.21. The summed E-state index contributed by atoms with van der Waals surface area (Å²) in [5.41, 5.74) is 2.66. The summed E-state index contributed by atoms with van der Waals surface area (Å²) < 4.78 is 7.83. The van der Waals surface area contributed by atoms with Crippen molar-refractivity contribution < 1.29 is 9.53 Å². The van der Waals surface area contributed by atoms with E-state index >= 15 is 0 Å². The minimum absolute atomic E-state index is 0.0440. The molecule has 0 bridgehead atoms. The molecule has 1 N–H and O–H groups in total. The van der Waals surface area contributed by atoms with Crippen molar-refractivity contribution in [3.05, 3.63) is 59.9 Å². The first-order valence-corrected chi connectivity index (χ1v) is 8.76. The number of para-hydroxylation sites is 2. The predicted molar refractivity (Wildman–Crippen MR) is 103 cm³/mol. The number of carbonyl (C=O) groups excluding carboxylic acids is 1. The van der Waals surface area contributed by atoms with Gasteiger partial charge in [-0.1, -0.05) is 24.3 Å². The zero-order valence-corrected chi connectivity index (χ0v) is 15.7. The van der Waals surface area contributed by atoms with Gasteiger partial charge < -0.3 is 14.6 Å². The van der Waals surface area contributed by atoms with Crippen LogP contribution in [-0.2, 0) is 17.9 Å². The van der Waals surface area contributed by atoms with Crippen molar-refractivity contribution in [1.29, 1.82) is 0 Å². The van der Waals surface area contributed by atoms with E-state index in [1.54, 1.807) is 0 Å². The van der Waals surface area contributed by atoms with Crippen LogP contribution in [0.4, 0.5) is 0 Å². The molecule has 0 aliphatic carbocycles. The van der Waals surface area contributed by atoms with Gasteiger partial charge in [-0.05, 0) is 57.5 Å². The molecule has 3 aromatic rings. The maximum atomic E-state index is 12.4. The molecule has 0 atom stereocenters. The Hall–Kier alpha value is -2.82. The van der Waals surface area contributed by atoms with E-state index in [-0.39, 0.29) is 18.0 Å². The smallest absolute Gasteiger partial charge is 0.240 e. The number of ether oxygens (including phenoxy) is 1. The van der Waals surface area contributed by atoms with E-state index < -0.39 is 0 Å². The second kappa shape index (κ2) is 7.20. The Balaban J connectivity index is 1.85. The predicted octanol–water partition coefficient (Wildman–Crippen LogP) is 3.84. The lowest BCUT2D eigenvalue weighted by atomic mass is 10.1. The normalized spacial score (nSPS) is 11.5. The van der Waals surface area contributed by atoms with E-state index in [9.17, 15) is 4.79 Å². The number of hydrogen-bond acceptors (Lipinski definition) is 3. The summed E-state index contributed by atoms with van der Waals surface area (Å²) in [6, 6.07) is 15.7. The summed E-state index contributed by atoms with van der Waals surface area (Å²) in [5, 5.41) is 3.00. The molecule has 5 heteroatoms. The van der Waals surface area contributed by atoms with Gasteiger partial charge in [0.2, 0.25) is 5.91 Å². The summed E-state index contributed by atoms with van der Waals surface area (Å²) in [4.78, 5) is 17.1. The Kier molecular flexibility index (Phi) is 4.98. The molecule has 0 saturated carbocycles. The molecule has 1 amide bonds. The Morgan fingerprint density at radius 2 is 1.92 bits per heavy atom. The molecule has 1 heterocycles. The van der Waals surface area contributed by atoms with Crippen LogP contribution in [0.25, 0.3) is 11.0 Å². The van der Waals surface area contributed by atoms with Crippen LogP contribution in [0.15, 0.2) is 48.5 Å². The fourth-order valence-corrected chi connectivity index (χ4v) is 2.87. The van der Waals surface area contributed by atoms with Crippen molar-refractivity contribution in [2.24, 2.45) is 0 Å². The quantitative estimate of drug-likeness (QED) is 0.760. The number of rotatable bonds is 5. The van der Waals surface area contributed by atoms with Crippen LogP contribution in [-0.4, -0.2) is 21.0 Å². The van der Waals surface area contributed by atoms with Gasteiger partial charge in [-0.3, -0.25) is 4.79 Å². The van der Waals surface area contributed by atoms with Gasteiger partial charge in [0.25, 0.3) is 0 Å². The largest absolute Gasteiger partial charge is 0.486 e. The number of benzene rings is 2. The van der Waals surface area contributed by atoms with Gasteiger partial charge >= 0.3 is 0 Å². The molecule has 0 radical (unpaired) electrons. The average Bonchev–Trinajstić information content (AvgIpc) is 2.89. The van der Waals surface area contributed by atoms with Gasteiger partial charge in [-0.2, -0.15) is 0 Å². The molecule has 5 nitrogen and oxygen atoms in total. The molecule has 0 spiro atoms. The molecule has 0 saturated heterocycles. The molecular formula is C21H25N3O2. The summed E-state index contributed by atoms with van der Waals surface area (Å²) >= 11 is 0. The first-order chi connectivity index (χ1) is 12.3. The fraction of sp³-hybridized carbons (Fsp3) is 0.333. The number of nitrogens with one attached hydrogen (secondary N) is 1. The van der Waals surface area contributed by atoms with Crippen LogP contribution in [0.2, 0.25) is 0 Å². The Labute approximate surface area is 154 Å². The third-order valence-electron chi connectivity index (χ3n) is 3.91. The summed E-state index contributed by atoms with van der Waals surface area (Å²) in [6.07, 6.45) is 0. The first kappa shape index (κ1) is 18.0. The fourth-order valence-electron chi connectivity index (χ4n) is 2.87. The number of carbonyl (C=O) groups is 1. The molecular weight excluding hydrogens is 326 g/mol. The van der Waals surface area contributed by atoms with Crippen LogP contribution in [0, 0.1) is 6.92 Å². The average molecular weight is 351 g/mol. The number of imidazole rings is 1. The minimum Gasteiger partial charge on any atom is -0.486 e. The number of hydrogen-bond donors (Lipinski definition) is 1. The van der Waals surface area contributed by atoms with Gasteiger partial charge in [-0.15, -0.1) is 0 Å². The second-order valence-corrected chi connectivity index (χ2v) is 7.51. The number of aromatic nitrogens is 2. The Morgan fingerprint density at radius 1 is 1.15 bits per heavy atom. The monoisotopic (exact) mass is 351 g/mol. The standard InChI is InChI=1S/C21H25N3O2/c1-15-8-7-9-16(12-15)26-14-19-22-17-10-5-6-11-18(17)24(19)13-20(25)23-21(2,3)4/h5-12H,13-14H2,1-4H3,(H,23,25). The van der Waals surface area contributed by atoms with Gasteiger partial charge in [0, 0.05) is 5.54 Å². The van der Waals surface area contributed by atoms with Gasteiger partial charge in [0.1, 0.15) is 24.7 Å². The highest BCUT2D eigenvalue weighted by atomic mass is 16.5. The van der Waals surface area contributed by atoms with Crippen LogP contribution >= 0.6 is 0 Å². The highest BCUT2D eigenvalue weighted by molar-refractivity contribution is 5.81. The highest BCUT2D eigenvalue weighted by Crippen LogP contribution is 2.19. The van der Waals surface area contributed by atoms with E-state index in [4.69, 9.17) is 4.74 Å². The molecule has 2 aromatic carbocycles. The van der Waals surface area contributed by atoms with Gasteiger partial charge in [0.15, 0.2) is 0 Å². The number of fused-ring (bicyclic) bond motifs is 1. The van der Waals surface area contributed by atoms with Crippen molar-refractivity contribution >= 4 is 16.9 Å². The lowest BCUT2D eigenvalue weighted by Crippen LogP contribution is -2.42. The number of nitrogens with zero attached hydrogens (tertiary/aromatic N) is 2. The van der Waals surface area contributed by atoms with Crippen molar-refractivity contribution in [2.75, 3.05) is 0 Å². The molecule has 0 unspecified atom stereocenters. The molecule has 0 fully saturated rings. The SMILES string of the molecule is Cc1cccc(OCc2nc3ccccc3n2CC(=O)NC(C)(C)C)c1. The zero-order valence-electron chi connectivity index (χ0n) is 15.7. The molecule has 1 aromatic heterocycles. The van der Waals surface area contributed by atoms with E-state index in [1.165, 1.54) is 0 Å². The lowest BCUT2D eigenvalue weighted by molar-refractivity contribution is -0.123. The van der Waals surface area contributed by atoms with Gasteiger partial charge in [0.05, 0.1) is 11.0 Å². The van der Waals surface area contributed by atoms with Crippen LogP contribution in [0.3, 0.4) is 0 Å². The Bertz CT molecular complexity index is 922. The third-order valence-corrected chi connectivity index (χ3v) is 3.91. The zero-order chi connectivity index (χ0) is 18.7. The van der Waals surface area contributed by atoms with Crippen LogP contribution in [0.1, 0.15) is 32.2 Å². The summed E-state index contributed by atoms with van der Waals surface area (Å²) in [5.74, 6) is 1.48. The Morgan fingerprint density at radius 3 is 2.65 bits per heavy atom.